The molecule has 0 amide bonds. The first-order valence-corrected chi connectivity index (χ1v) is 10.6. The molecule has 3 aromatic heterocycles. The summed E-state index contributed by atoms with van der Waals surface area (Å²) in [6.07, 6.45) is 5.73. The first kappa shape index (κ1) is 21.0. The minimum Gasteiger partial charge on any atom is -0.322 e. The Bertz CT molecular complexity index is 1430. The van der Waals surface area contributed by atoms with E-state index in [9.17, 15) is 18.0 Å². The highest BCUT2D eigenvalue weighted by Crippen LogP contribution is 2.31. The molecule has 0 unspecified atom stereocenters. The van der Waals surface area contributed by atoms with Gasteiger partial charge in [0.1, 0.15) is 0 Å². The number of aromatic amines is 2. The fraction of sp³-hybridized carbons (Fsp3) is 0.208. The fourth-order valence-corrected chi connectivity index (χ4v) is 3.99. The second-order valence-corrected chi connectivity index (χ2v) is 7.88. The minimum atomic E-state index is -4.43. The van der Waals surface area contributed by atoms with Gasteiger partial charge in [-0.05, 0) is 61.1 Å². The van der Waals surface area contributed by atoms with E-state index in [1.807, 2.05) is 24.3 Å². The molecule has 9 heteroatoms. The molecule has 6 nitrogen and oxygen atoms in total. The van der Waals surface area contributed by atoms with Crippen LogP contribution in [0.15, 0.2) is 53.6 Å². The number of imidazole rings is 1. The van der Waals surface area contributed by atoms with Crippen molar-refractivity contribution in [2.75, 3.05) is 0 Å². The zero-order valence-corrected chi connectivity index (χ0v) is 17.5. The number of fused-ring (bicyclic) bond motifs is 1. The molecule has 0 aliphatic heterocycles. The number of halogens is 3. The molecule has 1 aliphatic carbocycles. The van der Waals surface area contributed by atoms with Crippen LogP contribution in [-0.4, -0.2) is 24.7 Å². The fourth-order valence-electron chi connectivity index (χ4n) is 3.99. The number of pyridine rings is 1. The SMILES string of the molecule is O=c1c(CCc2ccncc2)c(-c2ccc(C(F)(F)F)cc2)[nH]n1-c1nc2c([nH]1)=CCCC=2. The molecular weight excluding hydrogens is 431 g/mol. The van der Waals surface area contributed by atoms with E-state index in [0.29, 0.717) is 35.6 Å². The maximum absolute atomic E-state index is 13.4. The number of rotatable bonds is 5. The second kappa shape index (κ2) is 8.23. The van der Waals surface area contributed by atoms with E-state index in [0.717, 1.165) is 41.2 Å². The van der Waals surface area contributed by atoms with E-state index in [2.05, 4.69) is 20.1 Å². The van der Waals surface area contributed by atoms with Gasteiger partial charge in [-0.25, -0.2) is 4.98 Å². The molecule has 1 aromatic carbocycles. The zero-order chi connectivity index (χ0) is 23.0. The Labute approximate surface area is 186 Å². The van der Waals surface area contributed by atoms with Gasteiger partial charge in [-0.3, -0.25) is 14.9 Å². The first-order valence-electron chi connectivity index (χ1n) is 10.6. The molecule has 0 radical (unpaired) electrons. The molecule has 2 N–H and O–H groups in total. The van der Waals surface area contributed by atoms with Gasteiger partial charge in [-0.2, -0.15) is 17.9 Å². The van der Waals surface area contributed by atoms with Gasteiger partial charge in [0.25, 0.3) is 5.56 Å². The average molecular weight is 451 g/mol. The van der Waals surface area contributed by atoms with Gasteiger partial charge >= 0.3 is 6.18 Å². The molecule has 4 aromatic rings. The van der Waals surface area contributed by atoms with Crippen molar-refractivity contribution in [2.45, 2.75) is 31.9 Å². The number of nitrogens with one attached hydrogen (secondary N) is 2. The van der Waals surface area contributed by atoms with Gasteiger partial charge in [0.15, 0.2) is 0 Å². The van der Waals surface area contributed by atoms with Crippen LogP contribution in [0.2, 0.25) is 0 Å². The van der Waals surface area contributed by atoms with Crippen LogP contribution in [0.25, 0.3) is 29.4 Å². The van der Waals surface area contributed by atoms with Crippen LogP contribution in [0.5, 0.6) is 0 Å². The molecule has 0 saturated heterocycles. The van der Waals surface area contributed by atoms with E-state index in [-0.39, 0.29) is 5.56 Å². The molecule has 0 saturated carbocycles. The molecule has 0 fully saturated rings. The number of H-pyrrole nitrogens is 2. The molecule has 0 bridgehead atoms. The second-order valence-electron chi connectivity index (χ2n) is 7.88. The summed E-state index contributed by atoms with van der Waals surface area (Å²) in [5.74, 6) is 0.350. The lowest BCUT2D eigenvalue weighted by Gasteiger charge is -2.08. The third-order valence-electron chi connectivity index (χ3n) is 5.71. The van der Waals surface area contributed by atoms with Crippen LogP contribution >= 0.6 is 0 Å². The largest absolute Gasteiger partial charge is 0.416 e. The minimum absolute atomic E-state index is 0.287. The van der Waals surface area contributed by atoms with Crippen LogP contribution in [0.4, 0.5) is 13.2 Å². The van der Waals surface area contributed by atoms with Crippen LogP contribution in [0.1, 0.15) is 29.5 Å². The van der Waals surface area contributed by atoms with Gasteiger partial charge in [0.2, 0.25) is 5.95 Å². The Morgan fingerprint density at radius 2 is 1.70 bits per heavy atom. The Morgan fingerprint density at radius 1 is 0.970 bits per heavy atom. The molecule has 0 spiro atoms. The summed E-state index contributed by atoms with van der Waals surface area (Å²) in [5, 5.41) is 4.71. The zero-order valence-electron chi connectivity index (χ0n) is 17.5. The normalized spacial score (nSPS) is 13.3. The molecule has 0 atom stereocenters. The lowest BCUT2D eigenvalue weighted by Crippen LogP contribution is -2.26. The molecule has 1 aliphatic rings. The van der Waals surface area contributed by atoms with Crippen LogP contribution in [0, 0.1) is 0 Å². The number of hydrogen-bond donors (Lipinski definition) is 2. The summed E-state index contributed by atoms with van der Waals surface area (Å²) >= 11 is 0. The summed E-state index contributed by atoms with van der Waals surface area (Å²) < 4.78 is 40.4. The van der Waals surface area contributed by atoms with Gasteiger partial charge < -0.3 is 4.98 Å². The van der Waals surface area contributed by atoms with Gasteiger partial charge in [0.05, 0.1) is 22.0 Å². The highest BCUT2D eigenvalue weighted by Gasteiger charge is 2.30. The third kappa shape index (κ3) is 4.13. The van der Waals surface area contributed by atoms with Crippen molar-refractivity contribution in [3.05, 3.63) is 86.5 Å². The van der Waals surface area contributed by atoms with Crippen molar-refractivity contribution in [1.82, 2.24) is 24.7 Å². The molecule has 5 rings (SSSR count). The molecular formula is C24H20F3N5O. The summed E-state index contributed by atoms with van der Waals surface area (Å²) in [5.41, 5.74) is 1.44. The highest BCUT2D eigenvalue weighted by atomic mass is 19.4. The van der Waals surface area contributed by atoms with Crippen molar-refractivity contribution in [3.63, 3.8) is 0 Å². The topological polar surface area (TPSA) is 79.4 Å². The quantitative estimate of drug-likeness (QED) is 0.490. The predicted molar refractivity (Wildman–Crippen MR) is 118 cm³/mol. The Morgan fingerprint density at radius 3 is 2.39 bits per heavy atom. The lowest BCUT2D eigenvalue weighted by molar-refractivity contribution is -0.137. The summed E-state index contributed by atoms with van der Waals surface area (Å²) in [4.78, 5) is 25.1. The summed E-state index contributed by atoms with van der Waals surface area (Å²) in [7, 11) is 0. The van der Waals surface area contributed by atoms with Crippen molar-refractivity contribution in [3.8, 4) is 17.2 Å². The number of aromatic nitrogens is 5. The summed E-state index contributed by atoms with van der Waals surface area (Å²) in [6, 6.07) is 8.54. The van der Waals surface area contributed by atoms with Crippen molar-refractivity contribution < 1.29 is 13.2 Å². The number of nitrogens with zero attached hydrogens (tertiary/aromatic N) is 3. The van der Waals surface area contributed by atoms with Crippen LogP contribution in [0.3, 0.4) is 0 Å². The third-order valence-corrected chi connectivity index (χ3v) is 5.71. The monoisotopic (exact) mass is 451 g/mol. The van der Waals surface area contributed by atoms with Crippen molar-refractivity contribution >= 4 is 12.2 Å². The standard InChI is InChI=1S/C24H20F3N5O/c25-24(26,27)17-8-6-16(7-9-17)21-18(10-5-15-11-13-28-14-12-15)22(33)32(31-21)23-29-19-3-1-2-4-20(19)30-23/h3-4,6-9,11-14,31H,1-2,5,10H2,(H,29,30). The smallest absolute Gasteiger partial charge is 0.322 e. The molecule has 168 valence electrons. The van der Waals surface area contributed by atoms with E-state index in [4.69, 9.17) is 0 Å². The number of benzene rings is 1. The molecule has 3 heterocycles. The van der Waals surface area contributed by atoms with Crippen molar-refractivity contribution in [1.29, 1.82) is 0 Å². The predicted octanol–water partition coefficient (Wildman–Crippen LogP) is 3.11. The average Bonchev–Trinajstić information content (AvgIpc) is 3.38. The molecule has 33 heavy (non-hydrogen) atoms. The Hall–Kier alpha value is -3.88. The maximum atomic E-state index is 13.4. The Kier molecular flexibility index (Phi) is 5.24. The maximum Gasteiger partial charge on any atom is 0.416 e. The van der Waals surface area contributed by atoms with E-state index >= 15 is 0 Å². The summed E-state index contributed by atoms with van der Waals surface area (Å²) in [6.45, 7) is 0. The number of alkyl halides is 3. The highest BCUT2D eigenvalue weighted by molar-refractivity contribution is 5.63. The van der Waals surface area contributed by atoms with Crippen molar-refractivity contribution in [2.24, 2.45) is 0 Å². The van der Waals surface area contributed by atoms with Gasteiger partial charge in [-0.15, -0.1) is 0 Å². The van der Waals surface area contributed by atoms with Crippen LogP contribution < -0.4 is 16.3 Å². The number of aryl methyl sites for hydroxylation is 1. The number of hydrogen-bond acceptors (Lipinski definition) is 3. The van der Waals surface area contributed by atoms with E-state index in [1.54, 1.807) is 12.4 Å². The Balaban J connectivity index is 1.59. The van der Waals surface area contributed by atoms with E-state index in [1.165, 1.54) is 16.8 Å². The van der Waals surface area contributed by atoms with E-state index < -0.39 is 11.7 Å². The van der Waals surface area contributed by atoms with Crippen LogP contribution in [-0.2, 0) is 19.0 Å². The van der Waals surface area contributed by atoms with Gasteiger partial charge in [0, 0.05) is 18.0 Å². The lowest BCUT2D eigenvalue weighted by atomic mass is 10.0. The van der Waals surface area contributed by atoms with Gasteiger partial charge in [-0.1, -0.05) is 24.3 Å². The first-order chi connectivity index (χ1) is 15.9.